The van der Waals surface area contributed by atoms with Crippen LogP contribution in [-0.2, 0) is 19.7 Å². The number of aromatic nitrogens is 2. The Morgan fingerprint density at radius 1 is 1.37 bits per heavy atom. The average molecular weight is 404 g/mol. The fraction of sp³-hybridized carbons (Fsp3) is 0.300. The van der Waals surface area contributed by atoms with Crippen molar-refractivity contribution in [3.63, 3.8) is 0 Å². The molecule has 7 heteroatoms. The van der Waals surface area contributed by atoms with Gasteiger partial charge in [0, 0.05) is 42.0 Å². The van der Waals surface area contributed by atoms with Crippen LogP contribution in [0.1, 0.15) is 33.4 Å². The molecule has 27 heavy (non-hydrogen) atoms. The lowest BCUT2D eigenvalue weighted by Gasteiger charge is -2.16. The van der Waals surface area contributed by atoms with Gasteiger partial charge < -0.3 is 9.64 Å². The van der Waals surface area contributed by atoms with Crippen LogP contribution < -0.4 is 4.74 Å². The Balaban J connectivity index is 1.61. The predicted octanol–water partition coefficient (Wildman–Crippen LogP) is 4.78. The van der Waals surface area contributed by atoms with Crippen LogP contribution in [0.3, 0.4) is 0 Å². The average Bonchev–Trinajstić information content (AvgIpc) is 3.27. The standard InChI is InChI=1S/C20H22ClN3O2S/c1-4-24-14(2)16(10-22-24)11-23(3)20(25)19-8-15(13-27-19)12-26-18-7-5-6-17(21)9-18/h5-10,13H,4,11-12H2,1-3H3. The Morgan fingerprint density at radius 3 is 2.89 bits per heavy atom. The summed E-state index contributed by atoms with van der Waals surface area (Å²) >= 11 is 7.39. The zero-order chi connectivity index (χ0) is 19.4. The van der Waals surface area contributed by atoms with E-state index in [1.54, 1.807) is 17.0 Å². The molecule has 2 heterocycles. The lowest BCUT2D eigenvalue weighted by atomic mass is 10.2. The third-order valence-electron chi connectivity index (χ3n) is 4.32. The molecular formula is C20H22ClN3O2S. The van der Waals surface area contributed by atoms with Crippen molar-refractivity contribution in [3.8, 4) is 5.75 Å². The predicted molar refractivity (Wildman–Crippen MR) is 109 cm³/mol. The molecule has 0 spiro atoms. The van der Waals surface area contributed by atoms with E-state index in [1.165, 1.54) is 11.3 Å². The maximum atomic E-state index is 12.7. The second-order valence-corrected chi connectivity index (χ2v) is 7.65. The Labute approximate surface area is 168 Å². The molecule has 0 saturated heterocycles. The van der Waals surface area contributed by atoms with Crippen molar-refractivity contribution in [1.82, 2.24) is 14.7 Å². The zero-order valence-corrected chi connectivity index (χ0v) is 17.2. The molecule has 142 valence electrons. The van der Waals surface area contributed by atoms with Gasteiger partial charge in [-0.05, 0) is 43.5 Å². The second-order valence-electron chi connectivity index (χ2n) is 6.30. The van der Waals surface area contributed by atoms with Crippen LogP contribution in [0, 0.1) is 6.92 Å². The van der Waals surface area contributed by atoms with E-state index in [9.17, 15) is 4.79 Å². The molecule has 5 nitrogen and oxygen atoms in total. The molecule has 0 N–H and O–H groups in total. The normalized spacial score (nSPS) is 10.8. The minimum Gasteiger partial charge on any atom is -0.489 e. The molecule has 1 aromatic carbocycles. The monoisotopic (exact) mass is 403 g/mol. The van der Waals surface area contributed by atoms with Crippen molar-refractivity contribution < 1.29 is 9.53 Å². The van der Waals surface area contributed by atoms with Crippen molar-refractivity contribution in [3.05, 3.63) is 68.6 Å². The first kappa shape index (κ1) is 19.5. The molecule has 0 fully saturated rings. The minimum absolute atomic E-state index is 0.00217. The van der Waals surface area contributed by atoms with Gasteiger partial charge in [0.15, 0.2) is 0 Å². The number of carbonyl (C=O) groups excluding carboxylic acids is 1. The van der Waals surface area contributed by atoms with Crippen LogP contribution in [-0.4, -0.2) is 27.6 Å². The van der Waals surface area contributed by atoms with Gasteiger partial charge in [-0.2, -0.15) is 5.10 Å². The van der Waals surface area contributed by atoms with Crippen LogP contribution in [0.2, 0.25) is 5.02 Å². The number of rotatable bonds is 7. The molecular weight excluding hydrogens is 382 g/mol. The summed E-state index contributed by atoms with van der Waals surface area (Å²) in [6.07, 6.45) is 1.83. The second kappa shape index (κ2) is 8.59. The van der Waals surface area contributed by atoms with Crippen LogP contribution >= 0.6 is 22.9 Å². The summed E-state index contributed by atoms with van der Waals surface area (Å²) in [6, 6.07) is 9.16. The van der Waals surface area contributed by atoms with Crippen LogP contribution in [0.25, 0.3) is 0 Å². The first-order valence-corrected chi connectivity index (χ1v) is 9.96. The Bertz CT molecular complexity index is 935. The molecule has 1 amide bonds. The van der Waals surface area contributed by atoms with E-state index in [0.29, 0.717) is 28.8 Å². The molecule has 2 aromatic heterocycles. The van der Waals surface area contributed by atoms with Gasteiger partial charge in [0.25, 0.3) is 5.91 Å². The quantitative estimate of drug-likeness (QED) is 0.570. The first-order chi connectivity index (χ1) is 13.0. The van der Waals surface area contributed by atoms with Gasteiger partial charge in [0.05, 0.1) is 11.1 Å². The SMILES string of the molecule is CCn1ncc(CN(C)C(=O)c2cc(COc3cccc(Cl)c3)cs2)c1C. The summed E-state index contributed by atoms with van der Waals surface area (Å²) in [5.74, 6) is 0.708. The van der Waals surface area contributed by atoms with E-state index in [2.05, 4.69) is 12.0 Å². The maximum Gasteiger partial charge on any atom is 0.263 e. The van der Waals surface area contributed by atoms with E-state index in [0.717, 1.165) is 23.4 Å². The molecule has 0 aliphatic carbocycles. The van der Waals surface area contributed by atoms with Crippen molar-refractivity contribution in [1.29, 1.82) is 0 Å². The summed E-state index contributed by atoms with van der Waals surface area (Å²) in [5, 5.41) is 6.92. The molecule has 0 saturated carbocycles. The number of aryl methyl sites for hydroxylation is 1. The highest BCUT2D eigenvalue weighted by Gasteiger charge is 2.17. The van der Waals surface area contributed by atoms with Crippen molar-refractivity contribution in [2.24, 2.45) is 0 Å². The van der Waals surface area contributed by atoms with Crippen molar-refractivity contribution >= 4 is 28.8 Å². The van der Waals surface area contributed by atoms with Gasteiger partial charge in [-0.3, -0.25) is 9.48 Å². The number of halogens is 1. The maximum absolute atomic E-state index is 12.7. The molecule has 0 aliphatic heterocycles. The Morgan fingerprint density at radius 2 is 2.19 bits per heavy atom. The first-order valence-electron chi connectivity index (χ1n) is 8.70. The number of carbonyl (C=O) groups is 1. The number of hydrogen-bond donors (Lipinski definition) is 0. The van der Waals surface area contributed by atoms with Crippen molar-refractivity contribution in [2.75, 3.05) is 7.05 Å². The van der Waals surface area contributed by atoms with Crippen LogP contribution in [0.5, 0.6) is 5.75 Å². The zero-order valence-electron chi connectivity index (χ0n) is 15.6. The topological polar surface area (TPSA) is 47.4 Å². The third kappa shape index (κ3) is 4.70. The fourth-order valence-electron chi connectivity index (χ4n) is 2.76. The summed E-state index contributed by atoms with van der Waals surface area (Å²) in [7, 11) is 1.81. The highest BCUT2D eigenvalue weighted by Crippen LogP contribution is 2.22. The van der Waals surface area contributed by atoms with Gasteiger partial charge in [-0.15, -0.1) is 11.3 Å². The third-order valence-corrected chi connectivity index (χ3v) is 5.53. The van der Waals surface area contributed by atoms with Gasteiger partial charge in [0.1, 0.15) is 12.4 Å². The number of hydrogen-bond acceptors (Lipinski definition) is 4. The fourth-order valence-corrected chi connectivity index (χ4v) is 3.83. The number of thiophene rings is 1. The van der Waals surface area contributed by atoms with E-state index >= 15 is 0 Å². The van der Waals surface area contributed by atoms with E-state index in [-0.39, 0.29) is 5.91 Å². The Hall–Kier alpha value is -2.31. The lowest BCUT2D eigenvalue weighted by molar-refractivity contribution is 0.0789. The number of ether oxygens (including phenoxy) is 1. The smallest absolute Gasteiger partial charge is 0.263 e. The number of amides is 1. The number of nitrogens with zero attached hydrogens (tertiary/aromatic N) is 3. The molecule has 0 atom stereocenters. The number of benzene rings is 1. The highest BCUT2D eigenvalue weighted by molar-refractivity contribution is 7.12. The van der Waals surface area contributed by atoms with Crippen LogP contribution in [0.4, 0.5) is 0 Å². The highest BCUT2D eigenvalue weighted by atomic mass is 35.5. The lowest BCUT2D eigenvalue weighted by Crippen LogP contribution is -2.25. The summed E-state index contributed by atoms with van der Waals surface area (Å²) in [4.78, 5) is 15.1. The minimum atomic E-state index is -0.00217. The molecule has 0 unspecified atom stereocenters. The van der Waals surface area contributed by atoms with E-state index < -0.39 is 0 Å². The molecule has 0 radical (unpaired) electrons. The molecule has 0 bridgehead atoms. The largest absolute Gasteiger partial charge is 0.489 e. The van der Waals surface area contributed by atoms with Gasteiger partial charge in [0.2, 0.25) is 0 Å². The van der Waals surface area contributed by atoms with Gasteiger partial charge in [-0.25, -0.2) is 0 Å². The molecule has 3 rings (SSSR count). The Kier molecular flexibility index (Phi) is 6.19. The molecule has 0 aliphatic rings. The summed E-state index contributed by atoms with van der Waals surface area (Å²) < 4.78 is 7.67. The van der Waals surface area contributed by atoms with Crippen LogP contribution in [0.15, 0.2) is 41.9 Å². The van der Waals surface area contributed by atoms with Gasteiger partial charge >= 0.3 is 0 Å². The molecule has 3 aromatic rings. The van der Waals surface area contributed by atoms with Gasteiger partial charge in [-0.1, -0.05) is 17.7 Å². The summed E-state index contributed by atoms with van der Waals surface area (Å²) in [5.41, 5.74) is 3.12. The van der Waals surface area contributed by atoms with E-state index in [4.69, 9.17) is 16.3 Å². The summed E-state index contributed by atoms with van der Waals surface area (Å²) in [6.45, 7) is 5.84. The van der Waals surface area contributed by atoms with E-state index in [1.807, 2.05) is 48.4 Å². The van der Waals surface area contributed by atoms with Crippen molar-refractivity contribution in [2.45, 2.75) is 33.5 Å².